The van der Waals surface area contributed by atoms with Gasteiger partial charge in [0, 0.05) is 11.3 Å². The van der Waals surface area contributed by atoms with Crippen LogP contribution in [0.25, 0.3) is 22.6 Å². The number of amides is 1. The second-order valence-corrected chi connectivity index (χ2v) is 7.15. The molecule has 4 nitrogen and oxygen atoms in total. The SMILES string of the molecule is CC(C)(C(=O)Nc1cccc(-c2nc3ccccc3o2)c1)c1ccc(F)cc1. The van der Waals surface area contributed by atoms with E-state index in [1.54, 1.807) is 26.0 Å². The summed E-state index contributed by atoms with van der Waals surface area (Å²) in [6, 6.07) is 20.9. The Morgan fingerprint density at radius 2 is 1.75 bits per heavy atom. The summed E-state index contributed by atoms with van der Waals surface area (Å²) in [7, 11) is 0. The van der Waals surface area contributed by atoms with Gasteiger partial charge in [-0.15, -0.1) is 0 Å². The molecule has 0 unspecified atom stereocenters. The highest BCUT2D eigenvalue weighted by Crippen LogP contribution is 2.28. The van der Waals surface area contributed by atoms with Gasteiger partial charge in [-0.05, 0) is 61.9 Å². The molecule has 0 bridgehead atoms. The Hall–Kier alpha value is -3.47. The van der Waals surface area contributed by atoms with E-state index in [4.69, 9.17) is 4.42 Å². The smallest absolute Gasteiger partial charge is 0.234 e. The van der Waals surface area contributed by atoms with Gasteiger partial charge in [-0.2, -0.15) is 0 Å². The molecule has 0 saturated carbocycles. The Morgan fingerprint density at radius 3 is 2.50 bits per heavy atom. The second-order valence-electron chi connectivity index (χ2n) is 7.15. The zero-order chi connectivity index (χ0) is 19.7. The van der Waals surface area contributed by atoms with Gasteiger partial charge in [-0.3, -0.25) is 4.79 Å². The average Bonchev–Trinajstić information content (AvgIpc) is 3.13. The van der Waals surface area contributed by atoms with Gasteiger partial charge in [0.05, 0.1) is 5.41 Å². The molecule has 1 aromatic heterocycles. The van der Waals surface area contributed by atoms with Crippen LogP contribution in [0.1, 0.15) is 19.4 Å². The number of oxazole rings is 1. The van der Waals surface area contributed by atoms with Crippen LogP contribution < -0.4 is 5.32 Å². The van der Waals surface area contributed by atoms with E-state index in [0.29, 0.717) is 17.2 Å². The number of nitrogens with zero attached hydrogens (tertiary/aromatic N) is 1. The van der Waals surface area contributed by atoms with Crippen molar-refractivity contribution in [3.8, 4) is 11.5 Å². The Bertz CT molecular complexity index is 1110. The van der Waals surface area contributed by atoms with Crippen molar-refractivity contribution in [2.45, 2.75) is 19.3 Å². The first kappa shape index (κ1) is 17.9. The molecule has 0 aliphatic rings. The van der Waals surface area contributed by atoms with E-state index in [1.807, 2.05) is 48.5 Å². The van der Waals surface area contributed by atoms with E-state index in [9.17, 15) is 9.18 Å². The predicted octanol–water partition coefficient (Wildman–Crippen LogP) is 5.55. The summed E-state index contributed by atoms with van der Waals surface area (Å²) < 4.78 is 19.0. The lowest BCUT2D eigenvalue weighted by Gasteiger charge is -2.24. The van der Waals surface area contributed by atoms with E-state index in [-0.39, 0.29) is 11.7 Å². The second kappa shape index (κ2) is 6.93. The van der Waals surface area contributed by atoms with Crippen molar-refractivity contribution in [2.24, 2.45) is 0 Å². The number of nitrogens with one attached hydrogen (secondary N) is 1. The summed E-state index contributed by atoms with van der Waals surface area (Å²) in [6.07, 6.45) is 0. The lowest BCUT2D eigenvalue weighted by molar-refractivity contribution is -0.120. The normalized spacial score (nSPS) is 11.5. The third-order valence-electron chi connectivity index (χ3n) is 4.79. The molecule has 140 valence electrons. The number of halogens is 1. The molecule has 1 N–H and O–H groups in total. The highest BCUT2D eigenvalue weighted by atomic mass is 19.1. The number of carbonyl (C=O) groups excluding carboxylic acids is 1. The van der Waals surface area contributed by atoms with Crippen LogP contribution in [-0.4, -0.2) is 10.9 Å². The summed E-state index contributed by atoms with van der Waals surface area (Å²) in [5, 5.41) is 2.94. The van der Waals surface area contributed by atoms with Crippen LogP contribution >= 0.6 is 0 Å². The fourth-order valence-electron chi connectivity index (χ4n) is 3.01. The molecule has 1 heterocycles. The Morgan fingerprint density at radius 1 is 1.00 bits per heavy atom. The van der Waals surface area contributed by atoms with Crippen LogP contribution in [0.2, 0.25) is 0 Å². The number of para-hydroxylation sites is 2. The number of benzene rings is 3. The van der Waals surface area contributed by atoms with Crippen LogP contribution in [0.4, 0.5) is 10.1 Å². The fourth-order valence-corrected chi connectivity index (χ4v) is 3.01. The van der Waals surface area contributed by atoms with Crippen LogP contribution in [0.5, 0.6) is 0 Å². The number of carbonyl (C=O) groups is 1. The first-order valence-electron chi connectivity index (χ1n) is 8.97. The van der Waals surface area contributed by atoms with Crippen LogP contribution in [0, 0.1) is 5.82 Å². The third-order valence-corrected chi connectivity index (χ3v) is 4.79. The maximum Gasteiger partial charge on any atom is 0.234 e. The highest BCUT2D eigenvalue weighted by Gasteiger charge is 2.30. The quantitative estimate of drug-likeness (QED) is 0.509. The lowest BCUT2D eigenvalue weighted by Crippen LogP contribution is -2.34. The number of hydrogen-bond acceptors (Lipinski definition) is 3. The Kier molecular flexibility index (Phi) is 4.43. The minimum Gasteiger partial charge on any atom is -0.436 e. The van der Waals surface area contributed by atoms with Crippen molar-refractivity contribution >= 4 is 22.7 Å². The molecule has 4 rings (SSSR count). The standard InChI is InChI=1S/C23H19FN2O2/c1-23(2,16-10-12-17(24)13-11-16)22(27)25-18-7-5-6-15(14-18)21-26-19-8-3-4-9-20(19)28-21/h3-14H,1-2H3,(H,25,27). The van der Waals surface area contributed by atoms with Crippen LogP contribution in [0.3, 0.4) is 0 Å². The molecule has 4 aromatic rings. The van der Waals surface area contributed by atoms with Gasteiger partial charge in [0.15, 0.2) is 5.58 Å². The third kappa shape index (κ3) is 3.39. The molecule has 28 heavy (non-hydrogen) atoms. The summed E-state index contributed by atoms with van der Waals surface area (Å²) in [6.45, 7) is 3.61. The number of anilines is 1. The zero-order valence-corrected chi connectivity index (χ0v) is 15.6. The van der Waals surface area contributed by atoms with E-state index >= 15 is 0 Å². The van der Waals surface area contributed by atoms with Crippen LogP contribution in [0.15, 0.2) is 77.2 Å². The summed E-state index contributed by atoms with van der Waals surface area (Å²) in [4.78, 5) is 17.4. The molecular weight excluding hydrogens is 355 g/mol. The van der Waals surface area contributed by atoms with Crippen molar-refractivity contribution in [3.63, 3.8) is 0 Å². The number of fused-ring (bicyclic) bond motifs is 1. The van der Waals surface area contributed by atoms with Gasteiger partial charge in [-0.25, -0.2) is 9.37 Å². The van der Waals surface area contributed by atoms with E-state index in [0.717, 1.165) is 16.6 Å². The zero-order valence-electron chi connectivity index (χ0n) is 15.6. The molecule has 0 saturated heterocycles. The molecule has 0 aliphatic heterocycles. The predicted molar refractivity (Wildman–Crippen MR) is 108 cm³/mol. The van der Waals surface area contributed by atoms with Gasteiger partial charge in [0.1, 0.15) is 11.3 Å². The molecule has 0 fully saturated rings. The Balaban J connectivity index is 1.59. The van der Waals surface area contributed by atoms with E-state index in [1.165, 1.54) is 12.1 Å². The average molecular weight is 374 g/mol. The molecule has 0 spiro atoms. The molecule has 0 atom stereocenters. The van der Waals surface area contributed by atoms with Gasteiger partial charge in [0.2, 0.25) is 11.8 Å². The van der Waals surface area contributed by atoms with Crippen molar-refractivity contribution in [1.29, 1.82) is 0 Å². The minimum absolute atomic E-state index is 0.186. The van der Waals surface area contributed by atoms with Gasteiger partial charge in [-0.1, -0.05) is 30.3 Å². The maximum absolute atomic E-state index is 13.2. The lowest BCUT2D eigenvalue weighted by atomic mass is 9.83. The first-order chi connectivity index (χ1) is 13.4. The van der Waals surface area contributed by atoms with Crippen molar-refractivity contribution in [3.05, 3.63) is 84.2 Å². The minimum atomic E-state index is -0.818. The molecule has 5 heteroatoms. The summed E-state index contributed by atoms with van der Waals surface area (Å²) >= 11 is 0. The van der Waals surface area contributed by atoms with Crippen LogP contribution in [-0.2, 0) is 10.2 Å². The number of aromatic nitrogens is 1. The molecule has 3 aromatic carbocycles. The van der Waals surface area contributed by atoms with E-state index in [2.05, 4.69) is 10.3 Å². The number of hydrogen-bond donors (Lipinski definition) is 1. The van der Waals surface area contributed by atoms with Gasteiger partial charge < -0.3 is 9.73 Å². The first-order valence-corrected chi connectivity index (χ1v) is 8.97. The van der Waals surface area contributed by atoms with Crippen molar-refractivity contribution in [2.75, 3.05) is 5.32 Å². The Labute approximate surface area is 162 Å². The molecule has 0 aliphatic carbocycles. The summed E-state index contributed by atoms with van der Waals surface area (Å²) in [5.41, 5.74) is 2.82. The van der Waals surface area contributed by atoms with Crippen molar-refractivity contribution in [1.82, 2.24) is 4.98 Å². The number of rotatable bonds is 4. The molecule has 0 radical (unpaired) electrons. The molecular formula is C23H19FN2O2. The van der Waals surface area contributed by atoms with Crippen molar-refractivity contribution < 1.29 is 13.6 Å². The fraction of sp³-hybridized carbons (Fsp3) is 0.130. The van der Waals surface area contributed by atoms with Gasteiger partial charge >= 0.3 is 0 Å². The monoisotopic (exact) mass is 374 g/mol. The highest BCUT2D eigenvalue weighted by molar-refractivity contribution is 5.99. The topological polar surface area (TPSA) is 55.1 Å². The van der Waals surface area contributed by atoms with Gasteiger partial charge in [0.25, 0.3) is 0 Å². The summed E-state index contributed by atoms with van der Waals surface area (Å²) in [5.74, 6) is -0.0186. The largest absolute Gasteiger partial charge is 0.436 e. The maximum atomic E-state index is 13.2. The molecule has 1 amide bonds. The van der Waals surface area contributed by atoms with E-state index < -0.39 is 5.41 Å².